The molecular formula is C32H32F3N3O4. The fourth-order valence-corrected chi connectivity index (χ4v) is 5.08. The molecule has 1 saturated carbocycles. The average molecular weight is 580 g/mol. The number of nitrogens with one attached hydrogen (secondary N) is 1. The van der Waals surface area contributed by atoms with Crippen LogP contribution in [0.1, 0.15) is 39.9 Å². The lowest BCUT2D eigenvalue weighted by atomic mass is 10.1. The molecule has 0 unspecified atom stereocenters. The van der Waals surface area contributed by atoms with Crippen molar-refractivity contribution in [3.63, 3.8) is 0 Å². The Morgan fingerprint density at radius 3 is 2.43 bits per heavy atom. The maximum Gasteiger partial charge on any atom is 0.416 e. The zero-order chi connectivity index (χ0) is 29.9. The Bertz CT molecular complexity index is 1580. The van der Waals surface area contributed by atoms with Gasteiger partial charge in [0.05, 0.1) is 19.8 Å². The maximum atomic E-state index is 13.8. The van der Waals surface area contributed by atoms with E-state index in [1.54, 1.807) is 24.1 Å². The van der Waals surface area contributed by atoms with E-state index >= 15 is 0 Å². The Kier molecular flexibility index (Phi) is 8.42. The molecule has 1 fully saturated rings. The zero-order valence-corrected chi connectivity index (χ0v) is 23.4. The molecule has 1 aliphatic carbocycles. The summed E-state index contributed by atoms with van der Waals surface area (Å²) in [6.45, 7) is 0.379. The van der Waals surface area contributed by atoms with Crippen LogP contribution in [0.3, 0.4) is 0 Å². The van der Waals surface area contributed by atoms with E-state index in [2.05, 4.69) is 4.98 Å². The van der Waals surface area contributed by atoms with Crippen molar-refractivity contribution in [1.82, 2.24) is 14.8 Å². The molecule has 1 N–H and O–H groups in total. The highest BCUT2D eigenvalue weighted by Gasteiger charge is 2.37. The Hall–Kier alpha value is -4.47. The maximum absolute atomic E-state index is 13.8. The van der Waals surface area contributed by atoms with Gasteiger partial charge in [-0.3, -0.25) is 9.59 Å². The summed E-state index contributed by atoms with van der Waals surface area (Å²) >= 11 is 0. The van der Waals surface area contributed by atoms with Crippen LogP contribution in [0.5, 0.6) is 11.5 Å². The van der Waals surface area contributed by atoms with Crippen LogP contribution < -0.4 is 9.47 Å². The second-order valence-electron chi connectivity index (χ2n) is 10.4. The number of amides is 2. The minimum atomic E-state index is -4.57. The minimum absolute atomic E-state index is 0.0882. The molecule has 1 aromatic heterocycles. The highest BCUT2D eigenvalue weighted by atomic mass is 19.4. The molecule has 42 heavy (non-hydrogen) atoms. The third-order valence-electron chi connectivity index (χ3n) is 7.49. The van der Waals surface area contributed by atoms with Crippen LogP contribution in [0.25, 0.3) is 10.9 Å². The van der Waals surface area contributed by atoms with Crippen molar-refractivity contribution in [3.8, 4) is 11.5 Å². The summed E-state index contributed by atoms with van der Waals surface area (Å²) in [6.07, 6.45) is -0.688. The number of halogens is 3. The highest BCUT2D eigenvalue weighted by molar-refractivity contribution is 5.97. The molecule has 1 heterocycles. The number of H-pyrrole nitrogens is 1. The van der Waals surface area contributed by atoms with Crippen LogP contribution in [0, 0.1) is 0 Å². The molecule has 7 nitrogen and oxygen atoms in total. The molecule has 0 bridgehead atoms. The van der Waals surface area contributed by atoms with Gasteiger partial charge in [-0.25, -0.2) is 0 Å². The van der Waals surface area contributed by atoms with Gasteiger partial charge in [0, 0.05) is 41.8 Å². The van der Waals surface area contributed by atoms with Crippen molar-refractivity contribution in [3.05, 3.63) is 95.2 Å². The lowest BCUT2D eigenvalue weighted by Gasteiger charge is -2.28. The van der Waals surface area contributed by atoms with Gasteiger partial charge in [-0.2, -0.15) is 13.2 Å². The number of benzene rings is 3. The predicted molar refractivity (Wildman–Crippen MR) is 152 cm³/mol. The first-order chi connectivity index (χ1) is 20.2. The van der Waals surface area contributed by atoms with Crippen molar-refractivity contribution < 1.29 is 32.2 Å². The molecule has 0 saturated heterocycles. The van der Waals surface area contributed by atoms with E-state index in [-0.39, 0.29) is 30.6 Å². The quantitative estimate of drug-likeness (QED) is 0.234. The SMILES string of the molecule is COc1ccc(CN(CCc2c[nH]c3ccccc23)C(=O)CN(C(=O)c2cccc(C(F)(F)F)c2)C2CC2)cc1OC. The summed E-state index contributed by atoms with van der Waals surface area (Å²) in [5, 5.41) is 1.07. The van der Waals surface area contributed by atoms with Crippen molar-refractivity contribution in [2.24, 2.45) is 0 Å². The van der Waals surface area contributed by atoms with E-state index in [1.165, 1.54) is 24.1 Å². The van der Waals surface area contributed by atoms with E-state index < -0.39 is 17.6 Å². The smallest absolute Gasteiger partial charge is 0.416 e. The van der Waals surface area contributed by atoms with Crippen LogP contribution in [-0.2, 0) is 23.9 Å². The average Bonchev–Trinajstić information content (AvgIpc) is 3.76. The van der Waals surface area contributed by atoms with Crippen LogP contribution in [-0.4, -0.2) is 59.9 Å². The number of para-hydroxylation sites is 1. The van der Waals surface area contributed by atoms with Gasteiger partial charge in [0.1, 0.15) is 6.54 Å². The number of rotatable bonds is 11. The normalized spacial score (nSPS) is 13.2. The number of hydrogen-bond acceptors (Lipinski definition) is 4. The molecule has 4 aromatic rings. The number of carbonyl (C=O) groups is 2. The standard InChI is InChI=1S/C32H32F3N3O4/c1-41-28-13-10-21(16-29(28)42-2)19-37(15-14-23-18-36-27-9-4-3-8-26(23)27)30(39)20-38(25-11-12-25)31(40)22-6-5-7-24(17-22)32(33,34)35/h3-10,13,16-18,25,36H,11-12,14-15,19-20H2,1-2H3. The predicted octanol–water partition coefficient (Wildman–Crippen LogP) is 6.08. The molecule has 5 rings (SSSR count). The largest absolute Gasteiger partial charge is 0.493 e. The fourth-order valence-electron chi connectivity index (χ4n) is 5.08. The van der Waals surface area contributed by atoms with E-state index in [4.69, 9.17) is 9.47 Å². The van der Waals surface area contributed by atoms with Crippen molar-refractivity contribution in [1.29, 1.82) is 0 Å². The number of alkyl halides is 3. The van der Waals surface area contributed by atoms with Crippen LogP contribution in [0.4, 0.5) is 13.2 Å². The van der Waals surface area contributed by atoms with Crippen molar-refractivity contribution in [2.75, 3.05) is 27.3 Å². The van der Waals surface area contributed by atoms with Gasteiger partial charge >= 0.3 is 6.18 Å². The second kappa shape index (κ2) is 12.2. The van der Waals surface area contributed by atoms with Gasteiger partial charge in [-0.1, -0.05) is 30.3 Å². The number of carbonyl (C=O) groups excluding carboxylic acids is 2. The minimum Gasteiger partial charge on any atom is -0.493 e. The Balaban J connectivity index is 1.39. The molecular weight excluding hydrogens is 547 g/mol. The molecule has 0 radical (unpaired) electrons. The number of aromatic nitrogens is 1. The van der Waals surface area contributed by atoms with E-state index in [0.717, 1.165) is 34.2 Å². The lowest BCUT2D eigenvalue weighted by molar-refractivity contribution is -0.137. The summed E-state index contributed by atoms with van der Waals surface area (Å²) in [5.74, 6) is 0.208. The van der Waals surface area contributed by atoms with E-state index in [0.29, 0.717) is 37.3 Å². The highest BCUT2D eigenvalue weighted by Crippen LogP contribution is 2.32. The van der Waals surface area contributed by atoms with Crippen molar-refractivity contribution in [2.45, 2.75) is 38.0 Å². The first-order valence-electron chi connectivity index (χ1n) is 13.7. The van der Waals surface area contributed by atoms with Crippen molar-refractivity contribution >= 4 is 22.7 Å². The van der Waals surface area contributed by atoms with Gasteiger partial charge in [0.25, 0.3) is 5.91 Å². The summed E-state index contributed by atoms with van der Waals surface area (Å²) in [6, 6.07) is 17.5. The van der Waals surface area contributed by atoms with Gasteiger partial charge in [0.2, 0.25) is 5.91 Å². The summed E-state index contributed by atoms with van der Waals surface area (Å²) in [5.41, 5.74) is 1.87. The zero-order valence-electron chi connectivity index (χ0n) is 23.4. The number of methoxy groups -OCH3 is 2. The van der Waals surface area contributed by atoms with Crippen LogP contribution in [0.15, 0.2) is 72.9 Å². The summed E-state index contributed by atoms with van der Waals surface area (Å²) in [7, 11) is 3.08. The molecule has 220 valence electrons. The Morgan fingerprint density at radius 2 is 1.71 bits per heavy atom. The molecule has 2 amide bonds. The molecule has 1 aliphatic rings. The Labute approximate surface area is 241 Å². The molecule has 0 atom stereocenters. The number of aromatic amines is 1. The number of fused-ring (bicyclic) bond motifs is 1. The fraction of sp³-hybridized carbons (Fsp3) is 0.312. The van der Waals surface area contributed by atoms with Gasteiger partial charge in [-0.05, 0) is 66.8 Å². The third-order valence-corrected chi connectivity index (χ3v) is 7.49. The van der Waals surface area contributed by atoms with E-state index in [9.17, 15) is 22.8 Å². The first kappa shape index (κ1) is 29.0. The van der Waals surface area contributed by atoms with Gasteiger partial charge in [0.15, 0.2) is 11.5 Å². The number of ether oxygens (including phenoxy) is 2. The summed E-state index contributed by atoms with van der Waals surface area (Å²) in [4.78, 5) is 33.6. The monoisotopic (exact) mass is 579 g/mol. The lowest BCUT2D eigenvalue weighted by Crippen LogP contribution is -2.44. The third kappa shape index (κ3) is 6.53. The number of nitrogens with zero attached hydrogens (tertiary/aromatic N) is 2. The molecule has 3 aromatic carbocycles. The topological polar surface area (TPSA) is 74.9 Å². The molecule has 10 heteroatoms. The molecule has 0 aliphatic heterocycles. The molecule has 0 spiro atoms. The first-order valence-corrected chi connectivity index (χ1v) is 13.7. The van der Waals surface area contributed by atoms with Gasteiger partial charge in [-0.15, -0.1) is 0 Å². The van der Waals surface area contributed by atoms with Crippen LogP contribution in [0.2, 0.25) is 0 Å². The number of hydrogen-bond donors (Lipinski definition) is 1. The summed E-state index contributed by atoms with van der Waals surface area (Å²) < 4.78 is 50.7. The van der Waals surface area contributed by atoms with E-state index in [1.807, 2.05) is 36.5 Å². The Morgan fingerprint density at radius 1 is 0.952 bits per heavy atom. The second-order valence-corrected chi connectivity index (χ2v) is 10.4. The van der Waals surface area contributed by atoms with Gasteiger partial charge < -0.3 is 24.3 Å². The van der Waals surface area contributed by atoms with Crippen LogP contribution >= 0.6 is 0 Å².